The number of carbonyl (C=O) groups is 1. The molecule has 0 radical (unpaired) electrons. The third-order valence-electron chi connectivity index (χ3n) is 8.93. The highest BCUT2D eigenvalue weighted by Gasteiger charge is 2.50. The second-order valence-corrected chi connectivity index (χ2v) is 15.8. The number of benzene rings is 4. The van der Waals surface area contributed by atoms with E-state index in [1.165, 1.54) is 10.6 Å². The molecule has 1 saturated heterocycles. The van der Waals surface area contributed by atoms with Gasteiger partial charge in [0.25, 0.3) is 5.91 Å². The minimum Gasteiger partial charge on any atom is -0.336 e. The number of hydrogen-bond acceptors (Lipinski definition) is 5. The highest BCUT2D eigenvalue weighted by molar-refractivity contribution is 7.97. The summed E-state index contributed by atoms with van der Waals surface area (Å²) in [4.78, 5) is 24.0. The van der Waals surface area contributed by atoms with Crippen LogP contribution in [0.25, 0.3) is 22.0 Å². The van der Waals surface area contributed by atoms with Gasteiger partial charge < -0.3 is 4.90 Å². The molecular formula is C37H33N4O3S2+. The van der Waals surface area contributed by atoms with Crippen molar-refractivity contribution in [2.24, 2.45) is 0 Å². The Morgan fingerprint density at radius 2 is 1.46 bits per heavy atom. The Hall–Kier alpha value is -4.49. The third kappa shape index (κ3) is 5.58. The predicted molar refractivity (Wildman–Crippen MR) is 181 cm³/mol. The molecule has 1 amide bonds. The molecule has 230 valence electrons. The maximum absolute atomic E-state index is 14.2. The van der Waals surface area contributed by atoms with E-state index < -0.39 is 26.3 Å². The maximum Gasteiger partial charge on any atom is 0.256 e. The summed E-state index contributed by atoms with van der Waals surface area (Å²) in [5, 5.41) is 11.2. The molecular weight excluding hydrogens is 613 g/mol. The van der Waals surface area contributed by atoms with Gasteiger partial charge in [-0.05, 0) is 48.7 Å². The van der Waals surface area contributed by atoms with Crippen molar-refractivity contribution in [1.82, 2.24) is 14.2 Å². The van der Waals surface area contributed by atoms with Crippen molar-refractivity contribution in [3.05, 3.63) is 120 Å². The van der Waals surface area contributed by atoms with Crippen LogP contribution in [0.1, 0.15) is 28.8 Å². The molecule has 46 heavy (non-hydrogen) atoms. The number of carbonyl (C=O) groups excluding carboxylic acids is 1. The van der Waals surface area contributed by atoms with Gasteiger partial charge in [0.05, 0.1) is 39.7 Å². The van der Waals surface area contributed by atoms with Crippen LogP contribution in [0.2, 0.25) is 0 Å². The van der Waals surface area contributed by atoms with Crippen molar-refractivity contribution in [3.63, 3.8) is 0 Å². The molecule has 1 aromatic heterocycles. The van der Waals surface area contributed by atoms with Crippen LogP contribution in [0.4, 0.5) is 0 Å². The van der Waals surface area contributed by atoms with Crippen LogP contribution in [0.15, 0.2) is 124 Å². The Bertz CT molecular complexity index is 2050. The van der Waals surface area contributed by atoms with Gasteiger partial charge >= 0.3 is 0 Å². The van der Waals surface area contributed by atoms with E-state index in [4.69, 9.17) is 0 Å². The van der Waals surface area contributed by atoms with E-state index in [1.807, 2.05) is 42.5 Å². The summed E-state index contributed by atoms with van der Waals surface area (Å²) in [7, 11) is -3.84. The van der Waals surface area contributed by atoms with Gasteiger partial charge in [-0.25, -0.2) is 8.42 Å². The van der Waals surface area contributed by atoms with Gasteiger partial charge in [0.2, 0.25) is 10.0 Å². The van der Waals surface area contributed by atoms with E-state index >= 15 is 0 Å². The zero-order chi connectivity index (χ0) is 31.9. The first-order valence-corrected chi connectivity index (χ1v) is 18.4. The van der Waals surface area contributed by atoms with Crippen LogP contribution in [0, 0.1) is 11.3 Å². The van der Waals surface area contributed by atoms with Crippen molar-refractivity contribution in [2.45, 2.75) is 32.9 Å². The minimum absolute atomic E-state index is 0.173. The first-order valence-electron chi connectivity index (χ1n) is 15.3. The van der Waals surface area contributed by atoms with Crippen LogP contribution >= 0.6 is 0 Å². The average molecular weight is 646 g/mol. The topological polar surface area (TPSA) is 94.4 Å². The number of amides is 1. The van der Waals surface area contributed by atoms with Gasteiger partial charge in [0, 0.05) is 55.0 Å². The number of aromatic nitrogens is 1. The number of nitrogens with zero attached hydrogens (tertiary/aromatic N) is 4. The molecule has 0 bridgehead atoms. The van der Waals surface area contributed by atoms with Gasteiger partial charge in [-0.3, -0.25) is 9.78 Å². The lowest BCUT2D eigenvalue weighted by Gasteiger charge is -2.33. The lowest BCUT2D eigenvalue weighted by Crippen LogP contribution is -2.50. The summed E-state index contributed by atoms with van der Waals surface area (Å²) in [5.74, 6) is -0.173. The molecule has 2 heterocycles. The second kappa shape index (κ2) is 12.0. The first-order chi connectivity index (χ1) is 22.3. The molecule has 1 saturated carbocycles. The lowest BCUT2D eigenvalue weighted by atomic mass is 9.91. The molecule has 7 rings (SSSR count). The fraction of sp³-hybridized carbons (Fsp3) is 0.216. The van der Waals surface area contributed by atoms with Gasteiger partial charge in [0.15, 0.2) is 14.7 Å². The standard InChI is InChI=1S/C37H33N4O3S2/c1-46(43,44)41-22-20-40(21-23-41)36(42)31-25-39-33-15-9-8-14-30(33)35(31)27-16-17-32(37(26-38)18-19-37)34(24-27)45(28-10-4-2-5-11-28)29-12-6-3-7-13-29/h2-17,24-25H,18-23H2,1H3/q+1. The zero-order valence-electron chi connectivity index (χ0n) is 25.5. The molecule has 9 heteroatoms. The Labute approximate surface area is 272 Å². The molecule has 0 atom stereocenters. The summed E-state index contributed by atoms with van der Waals surface area (Å²) in [6.07, 6.45) is 4.49. The number of rotatable bonds is 7. The summed E-state index contributed by atoms with van der Waals surface area (Å²) in [6.45, 7) is 1.12. The third-order valence-corrected chi connectivity index (χ3v) is 12.5. The van der Waals surface area contributed by atoms with Crippen LogP contribution in [0.3, 0.4) is 0 Å². The minimum atomic E-state index is -3.33. The summed E-state index contributed by atoms with van der Waals surface area (Å²) < 4.78 is 25.7. The van der Waals surface area contributed by atoms with E-state index in [0.29, 0.717) is 18.7 Å². The summed E-state index contributed by atoms with van der Waals surface area (Å²) in [6, 6.07) is 37.6. The number of sulfonamides is 1. The SMILES string of the molecule is CS(=O)(=O)N1CCN(C(=O)c2cnc3ccccc3c2-c2ccc(C3(C#N)CC3)c([S+](c3ccccc3)c3ccccc3)c2)CC1. The highest BCUT2D eigenvalue weighted by atomic mass is 32.2. The largest absolute Gasteiger partial charge is 0.336 e. The number of para-hydroxylation sites is 1. The zero-order valence-corrected chi connectivity index (χ0v) is 27.1. The smallest absolute Gasteiger partial charge is 0.256 e. The molecule has 0 N–H and O–H groups in total. The quantitative estimate of drug-likeness (QED) is 0.195. The van der Waals surface area contributed by atoms with Gasteiger partial charge in [0.1, 0.15) is 0 Å². The van der Waals surface area contributed by atoms with E-state index in [1.54, 1.807) is 11.1 Å². The molecule has 5 aromatic rings. The summed E-state index contributed by atoms with van der Waals surface area (Å²) >= 11 is 0. The van der Waals surface area contributed by atoms with Crippen molar-refractivity contribution >= 4 is 37.7 Å². The second-order valence-electron chi connectivity index (χ2n) is 11.9. The van der Waals surface area contributed by atoms with E-state index in [0.717, 1.165) is 55.1 Å². The van der Waals surface area contributed by atoms with Crippen molar-refractivity contribution in [3.8, 4) is 17.2 Å². The first kappa shape index (κ1) is 30.2. The summed E-state index contributed by atoms with van der Waals surface area (Å²) in [5.41, 5.74) is 3.45. The Kier molecular flexibility index (Phi) is 7.89. The van der Waals surface area contributed by atoms with E-state index in [-0.39, 0.29) is 19.0 Å². The molecule has 2 fully saturated rings. The molecule has 1 aliphatic carbocycles. The average Bonchev–Trinajstić information content (AvgIpc) is 3.89. The molecule has 0 spiro atoms. The fourth-order valence-electron chi connectivity index (χ4n) is 6.32. The van der Waals surface area contributed by atoms with Crippen LogP contribution in [-0.4, -0.2) is 60.9 Å². The number of pyridine rings is 1. The number of hydrogen-bond donors (Lipinski definition) is 0. The van der Waals surface area contributed by atoms with Gasteiger partial charge in [-0.1, -0.05) is 66.7 Å². The van der Waals surface area contributed by atoms with Crippen LogP contribution in [-0.2, 0) is 26.3 Å². The molecule has 4 aromatic carbocycles. The molecule has 1 aliphatic heterocycles. The van der Waals surface area contributed by atoms with Crippen molar-refractivity contribution < 1.29 is 13.2 Å². The highest BCUT2D eigenvalue weighted by Crippen LogP contribution is 2.52. The number of nitriles is 1. The fourth-order valence-corrected chi connectivity index (χ4v) is 9.51. The molecule has 7 nitrogen and oxygen atoms in total. The van der Waals surface area contributed by atoms with Gasteiger partial charge in [-0.2, -0.15) is 9.57 Å². The van der Waals surface area contributed by atoms with Crippen molar-refractivity contribution in [1.29, 1.82) is 5.26 Å². The van der Waals surface area contributed by atoms with Crippen molar-refractivity contribution in [2.75, 3.05) is 32.4 Å². The monoisotopic (exact) mass is 645 g/mol. The lowest BCUT2D eigenvalue weighted by molar-refractivity contribution is 0.0699. The Balaban J connectivity index is 1.42. The number of fused-ring (bicyclic) bond motifs is 1. The molecule has 0 unspecified atom stereocenters. The maximum atomic E-state index is 14.2. The van der Waals surface area contributed by atoms with Gasteiger partial charge in [-0.15, -0.1) is 0 Å². The van der Waals surface area contributed by atoms with Crippen LogP contribution < -0.4 is 0 Å². The van der Waals surface area contributed by atoms with E-state index in [9.17, 15) is 18.5 Å². The Morgan fingerprint density at radius 3 is 2.04 bits per heavy atom. The van der Waals surface area contributed by atoms with Crippen LogP contribution in [0.5, 0.6) is 0 Å². The Morgan fingerprint density at radius 1 is 0.848 bits per heavy atom. The normalized spacial score (nSPS) is 16.3. The number of piperazine rings is 1. The molecule has 2 aliphatic rings. The predicted octanol–water partition coefficient (Wildman–Crippen LogP) is 6.27. The van der Waals surface area contributed by atoms with E-state index in [2.05, 4.69) is 71.7 Å².